The molecule has 0 aliphatic rings. The van der Waals surface area contributed by atoms with Gasteiger partial charge in [-0.05, 0) is 74.9 Å². The molecule has 158 valence electrons. The molecule has 1 heterocycles. The van der Waals surface area contributed by atoms with E-state index in [1.807, 2.05) is 12.3 Å². The van der Waals surface area contributed by atoms with E-state index in [4.69, 9.17) is 4.98 Å². The van der Waals surface area contributed by atoms with Crippen LogP contribution in [0.2, 0.25) is 0 Å². The molecule has 2 aromatic carbocycles. The molecule has 3 aromatic rings. The van der Waals surface area contributed by atoms with E-state index in [9.17, 15) is 0 Å². The lowest BCUT2D eigenvalue weighted by molar-refractivity contribution is 0.298. The number of anilines is 2. The van der Waals surface area contributed by atoms with Crippen LogP contribution in [-0.4, -0.2) is 11.1 Å². The van der Waals surface area contributed by atoms with Gasteiger partial charge in [0.25, 0.3) is 0 Å². The molecule has 1 aromatic heterocycles. The fourth-order valence-electron chi connectivity index (χ4n) is 4.17. The maximum absolute atomic E-state index is 4.79. The molecular weight excluding hydrogens is 366 g/mol. The largest absolute Gasteiger partial charge is 0.364 e. The van der Waals surface area contributed by atoms with Gasteiger partial charge in [-0.25, -0.2) is 0 Å². The van der Waals surface area contributed by atoms with E-state index in [1.54, 1.807) is 0 Å². The summed E-state index contributed by atoms with van der Waals surface area (Å²) >= 11 is 0. The van der Waals surface area contributed by atoms with Crippen LogP contribution in [0.25, 0.3) is 0 Å². The zero-order valence-electron chi connectivity index (χ0n) is 19.4. The molecule has 1 atom stereocenters. The van der Waals surface area contributed by atoms with E-state index >= 15 is 0 Å². The molecule has 3 heteroatoms. The predicted octanol–water partition coefficient (Wildman–Crippen LogP) is 6.78. The summed E-state index contributed by atoms with van der Waals surface area (Å²) in [5.41, 5.74) is 8.19. The third-order valence-corrected chi connectivity index (χ3v) is 6.56. The van der Waals surface area contributed by atoms with Gasteiger partial charge in [0.1, 0.15) is 6.17 Å². The second-order valence-corrected chi connectivity index (χ2v) is 8.91. The number of para-hydroxylation sites is 2. The average molecular weight is 402 g/mol. The number of benzene rings is 2. The normalized spacial score (nSPS) is 13.4. The van der Waals surface area contributed by atoms with E-state index in [2.05, 4.69) is 108 Å². The summed E-state index contributed by atoms with van der Waals surface area (Å²) < 4.78 is 0. The van der Waals surface area contributed by atoms with Gasteiger partial charge >= 0.3 is 0 Å². The predicted molar refractivity (Wildman–Crippen MR) is 129 cm³/mol. The molecular formula is C27H35N3. The van der Waals surface area contributed by atoms with Crippen molar-refractivity contribution in [3.05, 3.63) is 88.7 Å². The van der Waals surface area contributed by atoms with Crippen LogP contribution >= 0.6 is 0 Å². The number of nitrogens with one attached hydrogen (secondary N) is 2. The van der Waals surface area contributed by atoms with Crippen molar-refractivity contribution in [3.8, 4) is 0 Å². The topological polar surface area (TPSA) is 37.0 Å². The minimum Gasteiger partial charge on any atom is -0.364 e. The van der Waals surface area contributed by atoms with E-state index < -0.39 is 0 Å². The SMILES string of the molecule is Cc1cccc(C)c1NC(Nc1c(C)cccc1C)C(C)(c1ccccn1)C(C)C. The van der Waals surface area contributed by atoms with Gasteiger partial charge in [0.15, 0.2) is 0 Å². The number of aromatic nitrogens is 1. The van der Waals surface area contributed by atoms with Gasteiger partial charge in [0.2, 0.25) is 0 Å². The van der Waals surface area contributed by atoms with Gasteiger partial charge in [0, 0.05) is 17.6 Å². The molecule has 30 heavy (non-hydrogen) atoms. The van der Waals surface area contributed by atoms with Gasteiger partial charge in [-0.3, -0.25) is 4.98 Å². The van der Waals surface area contributed by atoms with Crippen LogP contribution in [0.5, 0.6) is 0 Å². The molecule has 1 unspecified atom stereocenters. The minimum atomic E-state index is -0.245. The van der Waals surface area contributed by atoms with Gasteiger partial charge in [-0.2, -0.15) is 0 Å². The van der Waals surface area contributed by atoms with Crippen LogP contribution in [0.4, 0.5) is 11.4 Å². The van der Waals surface area contributed by atoms with Crippen molar-refractivity contribution >= 4 is 11.4 Å². The molecule has 3 nitrogen and oxygen atoms in total. The Morgan fingerprint density at radius 3 is 1.53 bits per heavy atom. The summed E-state index contributed by atoms with van der Waals surface area (Å²) in [5.74, 6) is 0.353. The molecule has 0 saturated heterocycles. The quantitative estimate of drug-likeness (QED) is 0.428. The molecule has 0 aliphatic carbocycles. The second kappa shape index (κ2) is 8.91. The summed E-state index contributed by atoms with van der Waals surface area (Å²) in [4.78, 5) is 4.79. The average Bonchev–Trinajstić information content (AvgIpc) is 2.72. The Bertz CT molecular complexity index is 900. The third-order valence-electron chi connectivity index (χ3n) is 6.56. The molecule has 3 rings (SSSR count). The highest BCUT2D eigenvalue weighted by Gasteiger charge is 2.41. The summed E-state index contributed by atoms with van der Waals surface area (Å²) in [6, 6.07) is 19.1. The Morgan fingerprint density at radius 1 is 0.700 bits per heavy atom. The smallest absolute Gasteiger partial charge is 0.108 e. The Kier molecular flexibility index (Phi) is 6.50. The van der Waals surface area contributed by atoms with Crippen molar-refractivity contribution in [1.29, 1.82) is 0 Å². The lowest BCUT2D eigenvalue weighted by Crippen LogP contribution is -2.51. The van der Waals surface area contributed by atoms with Crippen LogP contribution < -0.4 is 10.6 Å². The number of pyridine rings is 1. The lowest BCUT2D eigenvalue weighted by atomic mass is 9.72. The van der Waals surface area contributed by atoms with Crippen molar-refractivity contribution in [1.82, 2.24) is 4.98 Å². The molecule has 0 saturated carbocycles. The van der Waals surface area contributed by atoms with Crippen molar-refractivity contribution < 1.29 is 0 Å². The van der Waals surface area contributed by atoms with Crippen molar-refractivity contribution in [2.45, 2.75) is 60.0 Å². The third kappa shape index (κ3) is 4.21. The first-order valence-corrected chi connectivity index (χ1v) is 10.8. The van der Waals surface area contributed by atoms with Gasteiger partial charge in [-0.1, -0.05) is 56.3 Å². The number of nitrogens with zero attached hydrogens (tertiary/aromatic N) is 1. The zero-order valence-corrected chi connectivity index (χ0v) is 19.4. The number of hydrogen-bond donors (Lipinski definition) is 2. The van der Waals surface area contributed by atoms with Gasteiger partial charge in [-0.15, -0.1) is 0 Å². The summed E-state index contributed by atoms with van der Waals surface area (Å²) in [7, 11) is 0. The van der Waals surface area contributed by atoms with Gasteiger partial charge < -0.3 is 10.6 Å². The van der Waals surface area contributed by atoms with Crippen LogP contribution in [0.15, 0.2) is 60.8 Å². The Labute approximate surface area is 182 Å². The monoisotopic (exact) mass is 401 g/mol. The first-order chi connectivity index (χ1) is 14.2. The first kappa shape index (κ1) is 21.9. The molecule has 0 aliphatic heterocycles. The Morgan fingerprint density at radius 2 is 1.17 bits per heavy atom. The minimum absolute atomic E-state index is 0.0491. The highest BCUT2D eigenvalue weighted by Crippen LogP contribution is 2.38. The van der Waals surface area contributed by atoms with Crippen molar-refractivity contribution in [2.75, 3.05) is 10.6 Å². The standard InChI is InChI=1S/C27H35N3/c1-18(2)27(7,23-16-8-9-17-28-23)26(29-24-19(3)12-10-13-20(24)4)30-25-21(5)14-11-15-22(25)6/h8-18,26,29-30H,1-7H3. The van der Waals surface area contributed by atoms with Crippen LogP contribution in [-0.2, 0) is 5.41 Å². The summed E-state index contributed by atoms with van der Waals surface area (Å²) in [6.07, 6.45) is 1.84. The Hall–Kier alpha value is -2.81. The molecule has 0 bridgehead atoms. The number of aryl methyl sites for hydroxylation is 4. The molecule has 0 radical (unpaired) electrons. The number of rotatable bonds is 7. The molecule has 2 N–H and O–H groups in total. The molecule has 0 amide bonds. The second-order valence-electron chi connectivity index (χ2n) is 8.91. The van der Waals surface area contributed by atoms with E-state index in [-0.39, 0.29) is 11.6 Å². The van der Waals surface area contributed by atoms with E-state index in [1.165, 1.54) is 33.6 Å². The van der Waals surface area contributed by atoms with Crippen LogP contribution in [0, 0.1) is 33.6 Å². The van der Waals surface area contributed by atoms with E-state index in [0.717, 1.165) is 5.69 Å². The zero-order chi connectivity index (χ0) is 21.9. The van der Waals surface area contributed by atoms with Crippen LogP contribution in [0.1, 0.15) is 48.7 Å². The van der Waals surface area contributed by atoms with Crippen LogP contribution in [0.3, 0.4) is 0 Å². The fourth-order valence-corrected chi connectivity index (χ4v) is 4.17. The first-order valence-electron chi connectivity index (χ1n) is 10.8. The highest BCUT2D eigenvalue weighted by molar-refractivity contribution is 5.62. The van der Waals surface area contributed by atoms with Crippen molar-refractivity contribution in [2.24, 2.45) is 5.92 Å². The Balaban J connectivity index is 2.15. The molecule has 0 spiro atoms. The van der Waals surface area contributed by atoms with E-state index in [0.29, 0.717) is 5.92 Å². The van der Waals surface area contributed by atoms with Crippen molar-refractivity contribution in [3.63, 3.8) is 0 Å². The maximum atomic E-state index is 4.79. The maximum Gasteiger partial charge on any atom is 0.108 e. The van der Waals surface area contributed by atoms with Gasteiger partial charge in [0.05, 0.1) is 11.1 Å². The molecule has 0 fully saturated rings. The number of hydrogen-bond acceptors (Lipinski definition) is 3. The fraction of sp³-hybridized carbons (Fsp3) is 0.370. The highest BCUT2D eigenvalue weighted by atomic mass is 15.2. The lowest BCUT2D eigenvalue weighted by Gasteiger charge is -2.43. The summed E-state index contributed by atoms with van der Waals surface area (Å²) in [6.45, 7) is 15.5. The summed E-state index contributed by atoms with van der Waals surface area (Å²) in [5, 5.41) is 7.78.